The van der Waals surface area contributed by atoms with E-state index in [2.05, 4.69) is 0 Å². The first-order valence-corrected chi connectivity index (χ1v) is 0.200. The Balaban J connectivity index is -0.00000000167. The Bertz CT molecular complexity index is 3.61. The quantitative estimate of drug-likeness (QED) is 0.263. The van der Waals surface area contributed by atoms with Gasteiger partial charge in [-0.3, -0.25) is 10.5 Å². The maximum Gasteiger partial charge on any atom is 0 e. The van der Waals surface area contributed by atoms with Gasteiger partial charge in [-0.15, -0.1) is 0 Å². The van der Waals surface area contributed by atoms with Crippen molar-refractivity contribution in [2.24, 2.45) is 0 Å². The second-order valence-corrected chi connectivity index (χ2v) is 0. The average Bonchev–Trinajstić information content (AvgIpc) is 1.00. The van der Waals surface area contributed by atoms with Gasteiger partial charge in [-0.1, -0.05) is 0 Å². The van der Waals surface area contributed by atoms with Gasteiger partial charge in [0.1, 0.15) is 0 Å². The van der Waals surface area contributed by atoms with Crippen molar-refractivity contribution in [3.63, 3.8) is 0 Å². The molecule has 0 aliphatic heterocycles. The Labute approximate surface area is 39.4 Å². The maximum absolute atomic E-state index is 6.00. The van der Waals surface area contributed by atoms with E-state index in [9.17, 15) is 0 Å². The summed E-state index contributed by atoms with van der Waals surface area (Å²) in [5, 5.41) is 12.0. The van der Waals surface area contributed by atoms with Crippen LogP contribution in [-0.4, -0.2) is 10.5 Å². The van der Waals surface area contributed by atoms with Gasteiger partial charge in [0.05, 0.1) is 0 Å². The molecular weight excluding hydrogens is 119 g/mol. The molecule has 0 saturated heterocycles. The molecule has 0 atom stereocenters. The third kappa shape index (κ3) is 188. The molecule has 2 N–H and O–H groups in total. The van der Waals surface area contributed by atoms with E-state index in [0.29, 0.717) is 0 Å². The van der Waals surface area contributed by atoms with E-state index >= 15 is 0 Å². The van der Waals surface area contributed by atoms with E-state index in [-0.39, 0.29) is 28.0 Å². The van der Waals surface area contributed by atoms with Crippen LogP contribution < -0.4 is 0 Å². The fraction of sp³-hybridized carbons (Fsp3) is 0. The predicted molar refractivity (Wildman–Crippen MR) is 6.63 cm³/mol. The molecule has 0 aromatic heterocycles. The zero-order chi connectivity index (χ0) is 2.00. The molecule has 0 bridgehead atoms. The molecule has 0 fully saturated rings. The molecule has 0 amide bonds. The van der Waals surface area contributed by atoms with E-state index in [1.54, 1.807) is 0 Å². The minimum Gasteiger partial charge on any atom is -2.00 e. The van der Waals surface area contributed by atoms with Crippen LogP contribution in [0.2, 0.25) is 0 Å². The van der Waals surface area contributed by atoms with Gasteiger partial charge in [0.25, 0.3) is 0 Å². The summed E-state index contributed by atoms with van der Waals surface area (Å²) in [5.74, 6) is 0. The molecule has 1 radical (unpaired) electrons. The molecule has 0 spiro atoms. The zero-order valence-corrected chi connectivity index (χ0v) is 3.27. The molecule has 0 aliphatic carbocycles. The SMILES string of the molecule is OO.[Mn].[O-2].[O-2]. The van der Waals surface area contributed by atoms with Crippen molar-refractivity contribution in [1.82, 2.24) is 0 Å². The smallest absolute Gasteiger partial charge is 0 e. The van der Waals surface area contributed by atoms with Crippen LogP contribution in [0.25, 0.3) is 0 Å². The molecule has 0 aliphatic rings. The minimum absolute atomic E-state index is 0. The fourth-order valence-corrected chi connectivity index (χ4v) is 0. The van der Waals surface area contributed by atoms with Gasteiger partial charge in [0.15, 0.2) is 0 Å². The van der Waals surface area contributed by atoms with Crippen LogP contribution >= 0.6 is 0 Å². The van der Waals surface area contributed by atoms with E-state index in [1.165, 1.54) is 0 Å². The van der Waals surface area contributed by atoms with Gasteiger partial charge in [-0.25, -0.2) is 0 Å². The minimum atomic E-state index is 0. The summed E-state index contributed by atoms with van der Waals surface area (Å²) in [5.41, 5.74) is 0. The third-order valence-electron chi connectivity index (χ3n) is 0. The average molecular weight is 121 g/mol. The van der Waals surface area contributed by atoms with Gasteiger partial charge in [-0.2, -0.15) is 0 Å². The Morgan fingerprint density at radius 3 is 0.800 bits per heavy atom. The van der Waals surface area contributed by atoms with Crippen molar-refractivity contribution in [2.75, 3.05) is 0 Å². The van der Waals surface area contributed by atoms with E-state index in [0.717, 1.165) is 0 Å². The Kier molecular flexibility index (Phi) is 4200. The summed E-state index contributed by atoms with van der Waals surface area (Å²) < 4.78 is 0. The Morgan fingerprint density at radius 1 is 0.800 bits per heavy atom. The fourth-order valence-electron chi connectivity index (χ4n) is 0. The molecule has 0 unspecified atom stereocenters. The summed E-state index contributed by atoms with van der Waals surface area (Å²) in [7, 11) is 0. The molecule has 4 nitrogen and oxygen atoms in total. The molecule has 0 aromatic carbocycles. The topological polar surface area (TPSA) is 97.5 Å². The zero-order valence-electron chi connectivity index (χ0n) is 2.09. The monoisotopic (exact) mass is 121 g/mol. The molecule has 0 rings (SSSR count). The normalized spacial score (nSPS) is 1.20. The molecule has 5 heteroatoms. The number of hydrogen-bond acceptors (Lipinski definition) is 2. The van der Waals surface area contributed by atoms with Crippen molar-refractivity contribution in [3.05, 3.63) is 0 Å². The van der Waals surface area contributed by atoms with Gasteiger partial charge < -0.3 is 11.0 Å². The van der Waals surface area contributed by atoms with Crippen LogP contribution in [0, 0.1) is 0 Å². The van der Waals surface area contributed by atoms with E-state index < -0.39 is 0 Å². The van der Waals surface area contributed by atoms with Crippen molar-refractivity contribution >= 4 is 0 Å². The summed E-state index contributed by atoms with van der Waals surface area (Å²) in [4.78, 5) is 0. The molecule has 37 valence electrons. The van der Waals surface area contributed by atoms with Crippen LogP contribution in [0.4, 0.5) is 0 Å². The Hall–Kier alpha value is 0.359. The van der Waals surface area contributed by atoms with Crippen LogP contribution in [0.15, 0.2) is 0 Å². The summed E-state index contributed by atoms with van der Waals surface area (Å²) >= 11 is 0. The Morgan fingerprint density at radius 2 is 0.800 bits per heavy atom. The first-order valence-electron chi connectivity index (χ1n) is 0.200. The number of rotatable bonds is 0. The third-order valence-corrected chi connectivity index (χ3v) is 0. The van der Waals surface area contributed by atoms with Crippen LogP contribution in [0.3, 0.4) is 0 Å². The molecule has 0 heterocycles. The van der Waals surface area contributed by atoms with Gasteiger partial charge in [0, 0.05) is 17.1 Å². The van der Waals surface area contributed by atoms with E-state index in [1.807, 2.05) is 0 Å². The van der Waals surface area contributed by atoms with Crippen molar-refractivity contribution in [1.29, 1.82) is 0 Å². The molecule has 0 aromatic rings. The van der Waals surface area contributed by atoms with Gasteiger partial charge in [0.2, 0.25) is 0 Å². The first kappa shape index (κ1) is 55.1. The summed E-state index contributed by atoms with van der Waals surface area (Å²) in [6, 6.07) is 0. The van der Waals surface area contributed by atoms with Crippen LogP contribution in [0.5, 0.6) is 0 Å². The van der Waals surface area contributed by atoms with Crippen LogP contribution in [0.1, 0.15) is 0 Å². The molecule has 0 saturated carbocycles. The van der Waals surface area contributed by atoms with Crippen molar-refractivity contribution in [3.8, 4) is 0 Å². The van der Waals surface area contributed by atoms with Crippen LogP contribution in [-0.2, 0) is 28.0 Å². The summed E-state index contributed by atoms with van der Waals surface area (Å²) in [6.45, 7) is 0. The van der Waals surface area contributed by atoms with Crippen molar-refractivity contribution < 1.29 is 38.5 Å². The number of hydrogen-bond donors (Lipinski definition) is 2. The standard InChI is InChI=1S/Mn.H2O2.2O/c;1-2;;/h;1-2H;;/q;;2*-2. The van der Waals surface area contributed by atoms with E-state index in [4.69, 9.17) is 10.5 Å². The predicted octanol–water partition coefficient (Wildman–Crippen LogP) is -0.223. The largest absolute Gasteiger partial charge is 2.00 e. The first-order chi connectivity index (χ1) is 1.00. The van der Waals surface area contributed by atoms with Gasteiger partial charge in [-0.05, 0) is 0 Å². The second-order valence-electron chi connectivity index (χ2n) is 0. The maximum atomic E-state index is 6.00. The van der Waals surface area contributed by atoms with Crippen molar-refractivity contribution in [2.45, 2.75) is 0 Å². The second kappa shape index (κ2) is 381. The molecular formula is H2MnO4-4. The van der Waals surface area contributed by atoms with Gasteiger partial charge >= 0.3 is 0 Å². The molecule has 5 heavy (non-hydrogen) atoms. The summed E-state index contributed by atoms with van der Waals surface area (Å²) in [6.07, 6.45) is 0.